The molecule has 1 fully saturated rings. The summed E-state index contributed by atoms with van der Waals surface area (Å²) in [7, 11) is 0. The fourth-order valence-corrected chi connectivity index (χ4v) is 4.03. The smallest absolute Gasteiger partial charge is 0.254 e. The van der Waals surface area contributed by atoms with Crippen LogP contribution in [-0.2, 0) is 4.79 Å². The van der Waals surface area contributed by atoms with E-state index in [0.29, 0.717) is 31.0 Å². The standard InChI is InChI=1S/C21H26BrN3O2/c1-3-5-20(26)23-12-15-6-4-9-25(13-15)21(27)18-10-14(2)24-19-8-7-16(22)11-17(18)19/h7-8,10-11,15H,3-6,9,12-13H2,1-2H3,(H,23,26). The highest BCUT2D eigenvalue weighted by molar-refractivity contribution is 9.10. The van der Waals surface area contributed by atoms with Crippen LogP contribution in [-0.4, -0.2) is 41.3 Å². The highest BCUT2D eigenvalue weighted by Crippen LogP contribution is 2.26. The van der Waals surface area contributed by atoms with E-state index in [1.165, 1.54) is 0 Å². The third-order valence-corrected chi connectivity index (χ3v) is 5.49. The minimum Gasteiger partial charge on any atom is -0.356 e. The first kappa shape index (κ1) is 19.8. The average molecular weight is 432 g/mol. The van der Waals surface area contributed by atoms with Gasteiger partial charge >= 0.3 is 0 Å². The van der Waals surface area contributed by atoms with Crippen LogP contribution in [0.2, 0.25) is 0 Å². The van der Waals surface area contributed by atoms with Crippen molar-refractivity contribution >= 4 is 38.6 Å². The summed E-state index contributed by atoms with van der Waals surface area (Å²) in [6, 6.07) is 7.72. The number of likely N-dealkylation sites (tertiary alicyclic amines) is 1. The maximum absolute atomic E-state index is 13.3. The summed E-state index contributed by atoms with van der Waals surface area (Å²) >= 11 is 3.49. The third-order valence-electron chi connectivity index (χ3n) is 5.00. The molecule has 1 atom stereocenters. The van der Waals surface area contributed by atoms with Crippen molar-refractivity contribution in [3.05, 3.63) is 40.0 Å². The molecule has 27 heavy (non-hydrogen) atoms. The molecule has 2 amide bonds. The lowest BCUT2D eigenvalue weighted by Crippen LogP contribution is -2.43. The van der Waals surface area contributed by atoms with Crippen LogP contribution in [0.4, 0.5) is 0 Å². The van der Waals surface area contributed by atoms with Crippen molar-refractivity contribution in [3.63, 3.8) is 0 Å². The van der Waals surface area contributed by atoms with Crippen LogP contribution in [0.3, 0.4) is 0 Å². The number of pyridine rings is 1. The Hall–Kier alpha value is -1.95. The largest absolute Gasteiger partial charge is 0.356 e. The second-order valence-corrected chi connectivity index (χ2v) is 8.20. The Balaban J connectivity index is 1.76. The minimum atomic E-state index is 0.0492. The molecule has 0 radical (unpaired) electrons. The molecule has 0 spiro atoms. The van der Waals surface area contributed by atoms with Crippen LogP contribution in [0.25, 0.3) is 10.9 Å². The van der Waals surface area contributed by atoms with Gasteiger partial charge in [0.2, 0.25) is 5.91 Å². The lowest BCUT2D eigenvalue weighted by Gasteiger charge is -2.33. The predicted octanol–water partition coefficient (Wildman–Crippen LogP) is 4.07. The first-order valence-electron chi connectivity index (χ1n) is 9.60. The molecular weight excluding hydrogens is 406 g/mol. The molecular formula is C21H26BrN3O2. The Morgan fingerprint density at radius 1 is 1.33 bits per heavy atom. The number of carbonyl (C=O) groups excluding carboxylic acids is 2. The maximum atomic E-state index is 13.3. The summed E-state index contributed by atoms with van der Waals surface area (Å²) in [5, 5.41) is 3.88. The van der Waals surface area contributed by atoms with Crippen molar-refractivity contribution < 1.29 is 9.59 Å². The van der Waals surface area contributed by atoms with Gasteiger partial charge in [-0.3, -0.25) is 14.6 Å². The van der Waals surface area contributed by atoms with E-state index in [2.05, 4.69) is 26.2 Å². The fourth-order valence-electron chi connectivity index (χ4n) is 3.67. The fraction of sp³-hybridized carbons (Fsp3) is 0.476. The van der Waals surface area contributed by atoms with Crippen molar-refractivity contribution in [3.8, 4) is 0 Å². The molecule has 0 bridgehead atoms. The number of nitrogens with zero attached hydrogens (tertiary/aromatic N) is 2. The van der Waals surface area contributed by atoms with Crippen LogP contribution in [0.1, 0.15) is 48.7 Å². The molecule has 144 valence electrons. The highest BCUT2D eigenvalue weighted by Gasteiger charge is 2.26. The van der Waals surface area contributed by atoms with Crippen LogP contribution in [0, 0.1) is 12.8 Å². The Labute approximate surface area is 168 Å². The van der Waals surface area contributed by atoms with E-state index in [0.717, 1.165) is 46.9 Å². The zero-order valence-electron chi connectivity index (χ0n) is 15.9. The second-order valence-electron chi connectivity index (χ2n) is 7.29. The van der Waals surface area contributed by atoms with Gasteiger partial charge in [0.25, 0.3) is 5.91 Å². The number of aryl methyl sites for hydroxylation is 1. The summed E-state index contributed by atoms with van der Waals surface area (Å²) < 4.78 is 0.935. The molecule has 2 heterocycles. The normalized spacial score (nSPS) is 17.1. The minimum absolute atomic E-state index is 0.0492. The summed E-state index contributed by atoms with van der Waals surface area (Å²) in [5.74, 6) is 0.458. The monoisotopic (exact) mass is 431 g/mol. The Morgan fingerprint density at radius 2 is 2.15 bits per heavy atom. The van der Waals surface area contributed by atoms with Crippen LogP contribution in [0.15, 0.2) is 28.7 Å². The van der Waals surface area contributed by atoms with Gasteiger partial charge in [-0.1, -0.05) is 22.9 Å². The molecule has 2 aromatic rings. The van der Waals surface area contributed by atoms with E-state index < -0.39 is 0 Å². The van der Waals surface area contributed by atoms with Crippen molar-refractivity contribution in [1.29, 1.82) is 0 Å². The summed E-state index contributed by atoms with van der Waals surface area (Å²) in [4.78, 5) is 31.5. The first-order valence-corrected chi connectivity index (χ1v) is 10.4. The maximum Gasteiger partial charge on any atom is 0.254 e. The van der Waals surface area contributed by atoms with E-state index in [4.69, 9.17) is 0 Å². The number of carbonyl (C=O) groups is 2. The number of rotatable bonds is 5. The molecule has 3 rings (SSSR count). The number of fused-ring (bicyclic) bond motifs is 1. The predicted molar refractivity (Wildman–Crippen MR) is 111 cm³/mol. The van der Waals surface area contributed by atoms with Gasteiger partial charge in [0.15, 0.2) is 0 Å². The first-order chi connectivity index (χ1) is 13.0. The Kier molecular flexibility index (Phi) is 6.47. The molecule has 6 heteroatoms. The molecule has 0 saturated carbocycles. The van der Waals surface area contributed by atoms with Gasteiger partial charge in [-0.05, 0) is 56.4 Å². The topological polar surface area (TPSA) is 62.3 Å². The zero-order valence-corrected chi connectivity index (χ0v) is 17.5. The van der Waals surface area contributed by atoms with Gasteiger partial charge in [0, 0.05) is 41.6 Å². The SMILES string of the molecule is CCCC(=O)NCC1CCCN(C(=O)c2cc(C)nc3ccc(Br)cc23)C1. The van der Waals surface area contributed by atoms with Crippen LogP contribution >= 0.6 is 15.9 Å². The molecule has 1 saturated heterocycles. The van der Waals surface area contributed by atoms with E-state index in [-0.39, 0.29) is 11.8 Å². The highest BCUT2D eigenvalue weighted by atomic mass is 79.9. The molecule has 1 unspecified atom stereocenters. The molecule has 1 aromatic heterocycles. The Bertz CT molecular complexity index is 853. The summed E-state index contributed by atoms with van der Waals surface area (Å²) in [5.41, 5.74) is 2.38. The lowest BCUT2D eigenvalue weighted by molar-refractivity contribution is -0.121. The third kappa shape index (κ3) is 4.86. The quantitative estimate of drug-likeness (QED) is 0.775. The second kappa shape index (κ2) is 8.83. The molecule has 1 aliphatic heterocycles. The van der Waals surface area contributed by atoms with E-state index in [9.17, 15) is 9.59 Å². The summed E-state index contributed by atoms with van der Waals surface area (Å²) in [6.45, 7) is 6.00. The van der Waals surface area contributed by atoms with Crippen molar-refractivity contribution in [2.75, 3.05) is 19.6 Å². The number of hydrogen-bond acceptors (Lipinski definition) is 3. The Morgan fingerprint density at radius 3 is 2.93 bits per heavy atom. The van der Waals surface area contributed by atoms with Crippen molar-refractivity contribution in [2.24, 2.45) is 5.92 Å². The van der Waals surface area contributed by atoms with Gasteiger partial charge in [0.1, 0.15) is 0 Å². The zero-order chi connectivity index (χ0) is 19.4. The van der Waals surface area contributed by atoms with E-state index in [1.54, 1.807) is 0 Å². The number of amides is 2. The van der Waals surface area contributed by atoms with Gasteiger partial charge in [-0.2, -0.15) is 0 Å². The number of halogens is 1. The number of hydrogen-bond donors (Lipinski definition) is 1. The van der Waals surface area contributed by atoms with Gasteiger partial charge in [-0.25, -0.2) is 0 Å². The van der Waals surface area contributed by atoms with Crippen molar-refractivity contribution in [1.82, 2.24) is 15.2 Å². The number of benzene rings is 1. The average Bonchev–Trinajstić information content (AvgIpc) is 2.66. The lowest BCUT2D eigenvalue weighted by atomic mass is 9.96. The molecule has 5 nitrogen and oxygen atoms in total. The van der Waals surface area contributed by atoms with E-state index in [1.807, 2.05) is 43.0 Å². The molecule has 1 N–H and O–H groups in total. The molecule has 0 aliphatic carbocycles. The van der Waals surface area contributed by atoms with Crippen molar-refractivity contribution in [2.45, 2.75) is 39.5 Å². The summed E-state index contributed by atoms with van der Waals surface area (Å²) in [6.07, 6.45) is 3.42. The molecule has 1 aromatic carbocycles. The van der Waals surface area contributed by atoms with Crippen LogP contribution < -0.4 is 5.32 Å². The van der Waals surface area contributed by atoms with E-state index >= 15 is 0 Å². The number of aromatic nitrogens is 1. The number of piperidine rings is 1. The molecule has 1 aliphatic rings. The van der Waals surface area contributed by atoms with Gasteiger partial charge in [0.05, 0.1) is 11.1 Å². The van der Waals surface area contributed by atoms with Crippen LogP contribution in [0.5, 0.6) is 0 Å². The number of nitrogens with one attached hydrogen (secondary N) is 1. The van der Waals surface area contributed by atoms with Gasteiger partial charge in [-0.15, -0.1) is 0 Å². The van der Waals surface area contributed by atoms with Gasteiger partial charge < -0.3 is 10.2 Å².